The van der Waals surface area contributed by atoms with Gasteiger partial charge in [0, 0.05) is 29.1 Å². The van der Waals surface area contributed by atoms with E-state index in [2.05, 4.69) is 9.97 Å². The predicted molar refractivity (Wildman–Crippen MR) is 115 cm³/mol. The van der Waals surface area contributed by atoms with Gasteiger partial charge in [0.1, 0.15) is 0 Å². The van der Waals surface area contributed by atoms with E-state index in [0.29, 0.717) is 30.4 Å². The van der Waals surface area contributed by atoms with Crippen molar-refractivity contribution < 1.29 is 4.74 Å². The Hall–Kier alpha value is -3.18. The third kappa shape index (κ3) is 4.15. The minimum atomic E-state index is -0.307. The molecule has 4 aromatic rings. The SMILES string of the molecule is CCc1nc(=O)n(-c2cccc(CCOc3ccccn3)c2)c2cc(Cl)ccc12. The van der Waals surface area contributed by atoms with Crippen molar-refractivity contribution in [1.82, 2.24) is 14.5 Å². The van der Waals surface area contributed by atoms with Gasteiger partial charge >= 0.3 is 5.69 Å². The molecule has 0 saturated carbocycles. The standard InChI is InChI=1S/C23H20ClN3O2/c1-2-20-19-10-9-17(24)15-21(19)27(23(28)26-20)18-7-5-6-16(14-18)11-13-29-22-8-3-4-12-25-22/h3-10,12,14-15H,2,11,13H2,1H3. The van der Waals surface area contributed by atoms with Crippen LogP contribution in [0.2, 0.25) is 5.02 Å². The number of nitrogens with zero attached hydrogens (tertiary/aromatic N) is 3. The Kier molecular flexibility index (Phi) is 5.58. The second kappa shape index (κ2) is 8.45. The number of pyridine rings is 1. The molecule has 0 aliphatic carbocycles. The van der Waals surface area contributed by atoms with Gasteiger partial charge in [-0.05, 0) is 48.4 Å². The molecule has 2 aromatic heterocycles. The van der Waals surface area contributed by atoms with Gasteiger partial charge < -0.3 is 4.74 Å². The Labute approximate surface area is 173 Å². The molecule has 0 radical (unpaired) electrons. The molecule has 2 aromatic carbocycles. The van der Waals surface area contributed by atoms with Crippen LogP contribution in [0.5, 0.6) is 5.88 Å². The zero-order valence-electron chi connectivity index (χ0n) is 16.0. The van der Waals surface area contributed by atoms with Crippen LogP contribution in [0.4, 0.5) is 0 Å². The molecule has 0 spiro atoms. The van der Waals surface area contributed by atoms with Gasteiger partial charge in [-0.3, -0.25) is 4.57 Å². The minimum Gasteiger partial charge on any atom is -0.477 e. The zero-order chi connectivity index (χ0) is 20.2. The summed E-state index contributed by atoms with van der Waals surface area (Å²) in [6, 6.07) is 19.0. The number of aryl methyl sites for hydroxylation is 1. The van der Waals surface area contributed by atoms with Crippen LogP contribution in [0.1, 0.15) is 18.2 Å². The molecule has 4 rings (SSSR count). The lowest BCUT2D eigenvalue weighted by Crippen LogP contribution is -2.23. The fraction of sp³-hybridized carbons (Fsp3) is 0.174. The molecule has 0 aliphatic heterocycles. The number of fused-ring (bicyclic) bond motifs is 1. The van der Waals surface area contributed by atoms with Gasteiger partial charge in [0.05, 0.1) is 23.5 Å². The van der Waals surface area contributed by atoms with Crippen LogP contribution in [-0.2, 0) is 12.8 Å². The monoisotopic (exact) mass is 405 g/mol. The van der Waals surface area contributed by atoms with E-state index in [4.69, 9.17) is 16.3 Å². The summed E-state index contributed by atoms with van der Waals surface area (Å²) >= 11 is 6.23. The van der Waals surface area contributed by atoms with E-state index in [1.165, 1.54) is 0 Å². The third-order valence-corrected chi connectivity index (χ3v) is 4.95. The number of hydrogen-bond donors (Lipinski definition) is 0. The van der Waals surface area contributed by atoms with E-state index in [0.717, 1.165) is 27.8 Å². The van der Waals surface area contributed by atoms with Gasteiger partial charge in [-0.25, -0.2) is 9.78 Å². The number of rotatable bonds is 6. The van der Waals surface area contributed by atoms with Gasteiger partial charge in [0.25, 0.3) is 0 Å². The number of halogens is 1. The predicted octanol–water partition coefficient (Wildman–Crippen LogP) is 4.62. The highest BCUT2D eigenvalue weighted by atomic mass is 35.5. The van der Waals surface area contributed by atoms with Crippen molar-refractivity contribution in [3.05, 3.63) is 93.6 Å². The van der Waals surface area contributed by atoms with Crippen molar-refractivity contribution in [2.24, 2.45) is 0 Å². The van der Waals surface area contributed by atoms with E-state index in [-0.39, 0.29) is 5.69 Å². The van der Waals surface area contributed by atoms with Crippen LogP contribution >= 0.6 is 11.6 Å². The first kappa shape index (κ1) is 19.2. The summed E-state index contributed by atoms with van der Waals surface area (Å²) in [5.41, 5.74) is 3.04. The first-order valence-corrected chi connectivity index (χ1v) is 9.88. The summed E-state index contributed by atoms with van der Waals surface area (Å²) < 4.78 is 7.30. The second-order valence-electron chi connectivity index (χ2n) is 6.63. The molecule has 146 valence electrons. The maximum absolute atomic E-state index is 12.8. The molecular weight excluding hydrogens is 386 g/mol. The quantitative estimate of drug-likeness (QED) is 0.469. The molecule has 0 N–H and O–H groups in total. The summed E-state index contributed by atoms with van der Waals surface area (Å²) in [5, 5.41) is 1.51. The summed E-state index contributed by atoms with van der Waals surface area (Å²) in [5.74, 6) is 0.597. The Morgan fingerprint density at radius 3 is 2.76 bits per heavy atom. The summed E-state index contributed by atoms with van der Waals surface area (Å²) in [7, 11) is 0. The highest BCUT2D eigenvalue weighted by molar-refractivity contribution is 6.31. The number of hydrogen-bond acceptors (Lipinski definition) is 4. The Balaban J connectivity index is 1.68. The van der Waals surface area contributed by atoms with Crippen LogP contribution in [0, 0.1) is 0 Å². The van der Waals surface area contributed by atoms with Gasteiger partial charge in [0.15, 0.2) is 0 Å². The fourth-order valence-corrected chi connectivity index (χ4v) is 3.50. The Morgan fingerprint density at radius 1 is 1.07 bits per heavy atom. The van der Waals surface area contributed by atoms with E-state index in [9.17, 15) is 4.79 Å². The number of benzene rings is 2. The van der Waals surface area contributed by atoms with Crippen LogP contribution in [-0.4, -0.2) is 21.1 Å². The lowest BCUT2D eigenvalue weighted by atomic mass is 10.1. The van der Waals surface area contributed by atoms with Crippen LogP contribution in [0.15, 0.2) is 71.7 Å². The molecule has 0 saturated heterocycles. The lowest BCUT2D eigenvalue weighted by molar-refractivity contribution is 0.309. The third-order valence-electron chi connectivity index (χ3n) is 4.72. The topological polar surface area (TPSA) is 57.0 Å². The zero-order valence-corrected chi connectivity index (χ0v) is 16.8. The second-order valence-corrected chi connectivity index (χ2v) is 7.06. The normalized spacial score (nSPS) is 11.0. The average molecular weight is 406 g/mol. The van der Waals surface area contributed by atoms with Gasteiger partial charge in [-0.15, -0.1) is 0 Å². The average Bonchev–Trinajstić information content (AvgIpc) is 2.74. The first-order valence-electron chi connectivity index (χ1n) is 9.50. The Bertz CT molecular complexity index is 1210. The van der Waals surface area contributed by atoms with Crippen molar-refractivity contribution in [3.8, 4) is 11.6 Å². The molecule has 29 heavy (non-hydrogen) atoms. The summed E-state index contributed by atoms with van der Waals surface area (Å²) in [6.07, 6.45) is 3.07. The smallest absolute Gasteiger partial charge is 0.352 e. The molecular formula is C23H20ClN3O2. The largest absolute Gasteiger partial charge is 0.477 e. The van der Waals surface area contributed by atoms with Gasteiger partial charge in [-0.1, -0.05) is 36.7 Å². The van der Waals surface area contributed by atoms with Crippen molar-refractivity contribution in [3.63, 3.8) is 0 Å². The van der Waals surface area contributed by atoms with E-state index in [1.54, 1.807) is 10.8 Å². The Morgan fingerprint density at radius 2 is 1.97 bits per heavy atom. The minimum absolute atomic E-state index is 0.307. The molecule has 0 atom stereocenters. The van der Waals surface area contributed by atoms with E-state index in [1.807, 2.05) is 67.6 Å². The van der Waals surface area contributed by atoms with Crippen LogP contribution in [0.3, 0.4) is 0 Å². The highest BCUT2D eigenvalue weighted by Gasteiger charge is 2.12. The van der Waals surface area contributed by atoms with Crippen LogP contribution < -0.4 is 10.4 Å². The van der Waals surface area contributed by atoms with E-state index >= 15 is 0 Å². The highest BCUT2D eigenvalue weighted by Crippen LogP contribution is 2.23. The molecule has 0 bridgehead atoms. The van der Waals surface area contributed by atoms with Gasteiger partial charge in [0.2, 0.25) is 5.88 Å². The molecule has 0 amide bonds. The molecule has 0 aliphatic rings. The first-order chi connectivity index (χ1) is 14.2. The van der Waals surface area contributed by atoms with Crippen molar-refractivity contribution in [2.45, 2.75) is 19.8 Å². The number of aromatic nitrogens is 3. The van der Waals surface area contributed by atoms with Crippen molar-refractivity contribution in [2.75, 3.05) is 6.61 Å². The number of ether oxygens (including phenoxy) is 1. The maximum Gasteiger partial charge on any atom is 0.352 e. The lowest BCUT2D eigenvalue weighted by Gasteiger charge is -2.13. The summed E-state index contributed by atoms with van der Waals surface area (Å²) in [4.78, 5) is 21.3. The molecule has 0 unspecified atom stereocenters. The van der Waals surface area contributed by atoms with Crippen LogP contribution in [0.25, 0.3) is 16.6 Å². The summed E-state index contributed by atoms with van der Waals surface area (Å²) in [6.45, 7) is 2.48. The fourth-order valence-electron chi connectivity index (χ4n) is 3.34. The van der Waals surface area contributed by atoms with Gasteiger partial charge in [-0.2, -0.15) is 4.98 Å². The molecule has 5 nitrogen and oxygen atoms in total. The van der Waals surface area contributed by atoms with Crippen molar-refractivity contribution in [1.29, 1.82) is 0 Å². The van der Waals surface area contributed by atoms with Crippen molar-refractivity contribution >= 4 is 22.5 Å². The molecule has 2 heterocycles. The maximum atomic E-state index is 12.8. The molecule has 0 fully saturated rings. The molecule has 6 heteroatoms. The van der Waals surface area contributed by atoms with E-state index < -0.39 is 0 Å².